The fraction of sp³-hybridized carbons (Fsp3) is 0.875. The lowest BCUT2D eigenvalue weighted by molar-refractivity contribution is -0.183. The molecule has 4 nitrogen and oxygen atoms in total. The summed E-state index contributed by atoms with van der Waals surface area (Å²) in [6.45, 7) is 0. The first-order chi connectivity index (χ1) is 9.51. The predicted molar refractivity (Wildman–Crippen MR) is 73.7 cm³/mol. The Labute approximate surface area is 119 Å². The molecule has 5 saturated carbocycles. The number of hydrogen-bond donors (Lipinski definition) is 2. The highest BCUT2D eigenvalue weighted by molar-refractivity contribution is 5.83. The molecular formula is C16H23NO3. The van der Waals surface area contributed by atoms with Crippen LogP contribution in [0.1, 0.15) is 57.8 Å². The number of rotatable bonds is 2. The summed E-state index contributed by atoms with van der Waals surface area (Å²) in [7, 11) is 0. The van der Waals surface area contributed by atoms with E-state index >= 15 is 0 Å². The van der Waals surface area contributed by atoms with Gasteiger partial charge >= 0.3 is 6.16 Å². The molecule has 1 spiro atoms. The van der Waals surface area contributed by atoms with E-state index in [1.54, 1.807) is 0 Å². The molecule has 110 valence electrons. The van der Waals surface area contributed by atoms with Gasteiger partial charge < -0.3 is 9.84 Å². The summed E-state index contributed by atoms with van der Waals surface area (Å²) in [6.07, 6.45) is 9.87. The molecule has 2 unspecified atom stereocenters. The van der Waals surface area contributed by atoms with Gasteiger partial charge in [-0.3, -0.25) is 5.41 Å². The Morgan fingerprint density at radius 3 is 2.35 bits per heavy atom. The second kappa shape index (κ2) is 3.99. The summed E-state index contributed by atoms with van der Waals surface area (Å²) in [6, 6.07) is 0. The Kier molecular flexibility index (Phi) is 2.52. The lowest BCUT2D eigenvalue weighted by Crippen LogP contribution is -2.59. The van der Waals surface area contributed by atoms with Crippen molar-refractivity contribution < 1.29 is 14.6 Å². The van der Waals surface area contributed by atoms with E-state index in [1.165, 1.54) is 51.4 Å². The molecule has 2 atom stereocenters. The smallest absolute Gasteiger partial charge is 0.449 e. The average Bonchev–Trinajstić information content (AvgIpc) is 2.22. The van der Waals surface area contributed by atoms with Crippen LogP contribution >= 0.6 is 0 Å². The van der Waals surface area contributed by atoms with E-state index in [2.05, 4.69) is 4.74 Å². The SMILES string of the molecule is N=C(CC12CC3CC(C1)C1(CCC1)C(C3)C2)OC(=O)O. The molecule has 4 bridgehead atoms. The molecule has 5 rings (SSSR count). The Hall–Kier alpha value is -1.06. The van der Waals surface area contributed by atoms with E-state index in [9.17, 15) is 4.79 Å². The van der Waals surface area contributed by atoms with Crippen LogP contribution in [0, 0.1) is 34.0 Å². The average molecular weight is 277 g/mol. The zero-order valence-electron chi connectivity index (χ0n) is 11.9. The number of carboxylic acid groups (broad SMARTS) is 1. The minimum Gasteiger partial charge on any atom is -0.449 e. The first-order valence-corrected chi connectivity index (χ1v) is 8.00. The topological polar surface area (TPSA) is 70.4 Å². The highest BCUT2D eigenvalue weighted by atomic mass is 16.7. The molecule has 20 heavy (non-hydrogen) atoms. The highest BCUT2D eigenvalue weighted by Crippen LogP contribution is 2.72. The second-order valence-corrected chi connectivity index (χ2v) is 7.90. The molecule has 0 saturated heterocycles. The summed E-state index contributed by atoms with van der Waals surface area (Å²) < 4.78 is 4.58. The number of ether oxygens (including phenoxy) is 1. The quantitative estimate of drug-likeness (QED) is 0.454. The third-order valence-electron chi connectivity index (χ3n) is 6.97. The second-order valence-electron chi connectivity index (χ2n) is 7.90. The van der Waals surface area contributed by atoms with Gasteiger partial charge in [0.2, 0.25) is 0 Å². The van der Waals surface area contributed by atoms with E-state index < -0.39 is 6.16 Å². The summed E-state index contributed by atoms with van der Waals surface area (Å²) in [5.41, 5.74) is 0.833. The highest BCUT2D eigenvalue weighted by Gasteiger charge is 2.63. The summed E-state index contributed by atoms with van der Waals surface area (Å²) in [5, 5.41) is 16.5. The Morgan fingerprint density at radius 1 is 1.20 bits per heavy atom. The zero-order valence-corrected chi connectivity index (χ0v) is 11.9. The lowest BCUT2D eigenvalue weighted by atomic mass is 9.36. The molecule has 2 N–H and O–H groups in total. The first-order valence-electron chi connectivity index (χ1n) is 8.00. The standard InChI is InChI=1S/C16H23NO3/c17-13(20-14(18)19)9-15-6-10-4-11(7-15)16(2-1-3-16)12(5-10)8-15/h10-12,17H,1-9H2,(H,18,19). The van der Waals surface area contributed by atoms with Gasteiger partial charge in [0, 0.05) is 6.42 Å². The molecule has 5 aliphatic carbocycles. The minimum absolute atomic E-state index is 0.0397. The molecule has 0 radical (unpaired) electrons. The molecule has 4 heteroatoms. The number of carbonyl (C=O) groups is 1. The molecule has 5 aliphatic rings. The van der Waals surface area contributed by atoms with Crippen LogP contribution < -0.4 is 0 Å². The van der Waals surface area contributed by atoms with Crippen molar-refractivity contribution in [2.75, 3.05) is 0 Å². The lowest BCUT2D eigenvalue weighted by Gasteiger charge is -2.68. The van der Waals surface area contributed by atoms with Crippen molar-refractivity contribution in [3.63, 3.8) is 0 Å². The molecule has 5 fully saturated rings. The zero-order chi connectivity index (χ0) is 14.0. The van der Waals surface area contributed by atoms with Gasteiger partial charge in [-0.05, 0) is 73.5 Å². The van der Waals surface area contributed by atoms with Gasteiger partial charge in [0.1, 0.15) is 0 Å². The fourth-order valence-corrected chi connectivity index (χ4v) is 6.45. The van der Waals surface area contributed by atoms with Crippen LogP contribution in [0.4, 0.5) is 4.79 Å². The van der Waals surface area contributed by atoms with Crippen LogP contribution in [-0.2, 0) is 4.74 Å². The van der Waals surface area contributed by atoms with E-state index in [4.69, 9.17) is 10.5 Å². The molecule has 0 aromatic heterocycles. The fourth-order valence-electron chi connectivity index (χ4n) is 6.45. The Bertz CT molecular complexity index is 450. The van der Waals surface area contributed by atoms with Gasteiger partial charge in [-0.2, -0.15) is 0 Å². The van der Waals surface area contributed by atoms with Gasteiger partial charge in [0.25, 0.3) is 0 Å². The number of nitrogens with one attached hydrogen (secondary N) is 1. The van der Waals surface area contributed by atoms with Crippen molar-refractivity contribution in [1.29, 1.82) is 5.41 Å². The third kappa shape index (κ3) is 1.66. The van der Waals surface area contributed by atoms with Gasteiger partial charge in [0.15, 0.2) is 5.90 Å². The van der Waals surface area contributed by atoms with E-state index in [0.717, 1.165) is 17.8 Å². The van der Waals surface area contributed by atoms with E-state index in [1.807, 2.05) is 0 Å². The molecule has 0 heterocycles. The largest absolute Gasteiger partial charge is 0.512 e. The van der Waals surface area contributed by atoms with Crippen LogP contribution in [0.15, 0.2) is 0 Å². The van der Waals surface area contributed by atoms with Crippen molar-refractivity contribution in [2.24, 2.45) is 28.6 Å². The molecule has 0 amide bonds. The maximum atomic E-state index is 10.6. The first kappa shape index (κ1) is 12.7. The molecule has 0 aromatic rings. The maximum Gasteiger partial charge on any atom is 0.512 e. The summed E-state index contributed by atoms with van der Waals surface area (Å²) >= 11 is 0. The number of hydrogen-bond acceptors (Lipinski definition) is 3. The monoisotopic (exact) mass is 277 g/mol. The van der Waals surface area contributed by atoms with E-state index in [-0.39, 0.29) is 11.3 Å². The van der Waals surface area contributed by atoms with Crippen LogP contribution in [0.5, 0.6) is 0 Å². The van der Waals surface area contributed by atoms with Crippen molar-refractivity contribution in [2.45, 2.75) is 57.8 Å². The minimum atomic E-state index is -1.34. The third-order valence-corrected chi connectivity index (χ3v) is 6.97. The van der Waals surface area contributed by atoms with Crippen LogP contribution in [0.25, 0.3) is 0 Å². The van der Waals surface area contributed by atoms with Crippen molar-refractivity contribution in [3.05, 3.63) is 0 Å². The van der Waals surface area contributed by atoms with Crippen LogP contribution in [-0.4, -0.2) is 17.2 Å². The van der Waals surface area contributed by atoms with Crippen LogP contribution in [0.3, 0.4) is 0 Å². The van der Waals surface area contributed by atoms with Crippen LogP contribution in [0.2, 0.25) is 0 Å². The predicted octanol–water partition coefficient (Wildman–Crippen LogP) is 4.04. The van der Waals surface area contributed by atoms with Crippen molar-refractivity contribution in [3.8, 4) is 0 Å². The molecule has 0 aliphatic heterocycles. The van der Waals surface area contributed by atoms with E-state index in [0.29, 0.717) is 11.8 Å². The molecule has 0 aromatic carbocycles. The normalized spacial score (nSPS) is 43.3. The Morgan fingerprint density at radius 2 is 1.85 bits per heavy atom. The molecular weight excluding hydrogens is 254 g/mol. The van der Waals surface area contributed by atoms with Crippen molar-refractivity contribution >= 4 is 12.1 Å². The van der Waals surface area contributed by atoms with Gasteiger partial charge in [0.05, 0.1) is 0 Å². The van der Waals surface area contributed by atoms with Gasteiger partial charge in [-0.15, -0.1) is 0 Å². The Balaban J connectivity index is 1.53. The maximum absolute atomic E-state index is 10.6. The van der Waals surface area contributed by atoms with Crippen molar-refractivity contribution in [1.82, 2.24) is 0 Å². The van der Waals surface area contributed by atoms with Gasteiger partial charge in [-0.1, -0.05) is 6.42 Å². The summed E-state index contributed by atoms with van der Waals surface area (Å²) in [5.74, 6) is 2.48. The summed E-state index contributed by atoms with van der Waals surface area (Å²) in [4.78, 5) is 10.6. The van der Waals surface area contributed by atoms with Gasteiger partial charge in [-0.25, -0.2) is 4.79 Å².